The predicted molar refractivity (Wildman–Crippen MR) is 97.7 cm³/mol. The highest BCUT2D eigenvalue weighted by molar-refractivity contribution is 5.96. The normalized spacial score (nSPS) is 10.2. The maximum Gasteiger partial charge on any atom is 0.270 e. The standard InChI is InChI=1S/C21H20N2O/c1-17-10-8-9-15-20(17)21(24)22-23(19-13-6-3-7-14-19)16-18-11-4-2-5-12-18/h2-15H,16H2,1H3,(H,22,24). The van der Waals surface area contributed by atoms with E-state index in [0.29, 0.717) is 12.1 Å². The lowest BCUT2D eigenvalue weighted by Gasteiger charge is -2.26. The highest BCUT2D eigenvalue weighted by Crippen LogP contribution is 2.16. The van der Waals surface area contributed by atoms with Crippen LogP contribution in [-0.2, 0) is 6.54 Å². The number of hydrogen-bond acceptors (Lipinski definition) is 2. The van der Waals surface area contributed by atoms with Gasteiger partial charge in [-0.3, -0.25) is 15.2 Å². The van der Waals surface area contributed by atoms with Crippen molar-refractivity contribution in [3.05, 3.63) is 102 Å². The number of carbonyl (C=O) groups is 1. The molecule has 0 aromatic heterocycles. The van der Waals surface area contributed by atoms with Crippen LogP contribution < -0.4 is 10.4 Å². The minimum Gasteiger partial charge on any atom is -0.281 e. The Kier molecular flexibility index (Phi) is 4.92. The molecule has 120 valence electrons. The van der Waals surface area contributed by atoms with E-state index in [1.165, 1.54) is 0 Å². The first-order valence-corrected chi connectivity index (χ1v) is 7.97. The van der Waals surface area contributed by atoms with Crippen LogP contribution in [0.15, 0.2) is 84.9 Å². The summed E-state index contributed by atoms with van der Waals surface area (Å²) in [4.78, 5) is 12.7. The van der Waals surface area contributed by atoms with E-state index in [-0.39, 0.29) is 5.91 Å². The number of nitrogens with one attached hydrogen (secondary N) is 1. The highest BCUT2D eigenvalue weighted by Gasteiger charge is 2.14. The van der Waals surface area contributed by atoms with E-state index in [1.54, 1.807) is 0 Å². The lowest BCUT2D eigenvalue weighted by molar-refractivity contribution is 0.0947. The van der Waals surface area contributed by atoms with Crippen molar-refractivity contribution in [1.29, 1.82) is 0 Å². The lowest BCUT2D eigenvalue weighted by atomic mass is 10.1. The summed E-state index contributed by atoms with van der Waals surface area (Å²) in [5.41, 5.74) is 6.76. The van der Waals surface area contributed by atoms with Crippen LogP contribution in [0.2, 0.25) is 0 Å². The Hall–Kier alpha value is -3.07. The largest absolute Gasteiger partial charge is 0.281 e. The second kappa shape index (κ2) is 7.47. The first-order chi connectivity index (χ1) is 11.7. The number of amides is 1. The first-order valence-electron chi connectivity index (χ1n) is 7.97. The van der Waals surface area contributed by atoms with Gasteiger partial charge in [0.15, 0.2) is 0 Å². The van der Waals surface area contributed by atoms with Crippen LogP contribution in [0.1, 0.15) is 21.5 Å². The Balaban J connectivity index is 1.85. The molecule has 3 heteroatoms. The van der Waals surface area contributed by atoms with Crippen molar-refractivity contribution in [3.63, 3.8) is 0 Å². The van der Waals surface area contributed by atoms with Crippen LogP contribution >= 0.6 is 0 Å². The van der Waals surface area contributed by atoms with Crippen molar-refractivity contribution < 1.29 is 4.79 Å². The fourth-order valence-electron chi connectivity index (χ4n) is 2.58. The molecule has 0 aliphatic heterocycles. The van der Waals surface area contributed by atoms with Gasteiger partial charge in [0.25, 0.3) is 5.91 Å². The average molecular weight is 316 g/mol. The van der Waals surface area contributed by atoms with Gasteiger partial charge in [0, 0.05) is 5.56 Å². The summed E-state index contributed by atoms with van der Waals surface area (Å²) in [7, 11) is 0. The minimum absolute atomic E-state index is 0.104. The van der Waals surface area contributed by atoms with E-state index < -0.39 is 0 Å². The van der Waals surface area contributed by atoms with Crippen LogP contribution in [0.3, 0.4) is 0 Å². The summed E-state index contributed by atoms with van der Waals surface area (Å²) in [6, 6.07) is 27.6. The van der Waals surface area contributed by atoms with Crippen molar-refractivity contribution in [3.8, 4) is 0 Å². The molecule has 0 fully saturated rings. The number of rotatable bonds is 5. The van der Waals surface area contributed by atoms with Crippen molar-refractivity contribution in [1.82, 2.24) is 5.43 Å². The number of hydrazine groups is 1. The average Bonchev–Trinajstić information content (AvgIpc) is 2.63. The Morgan fingerprint density at radius 3 is 2.08 bits per heavy atom. The monoisotopic (exact) mass is 316 g/mol. The van der Waals surface area contributed by atoms with Crippen LogP contribution in [0.5, 0.6) is 0 Å². The smallest absolute Gasteiger partial charge is 0.270 e. The van der Waals surface area contributed by atoms with Gasteiger partial charge in [0.2, 0.25) is 0 Å². The van der Waals surface area contributed by atoms with E-state index in [4.69, 9.17) is 0 Å². The number of para-hydroxylation sites is 1. The van der Waals surface area contributed by atoms with Crippen molar-refractivity contribution >= 4 is 11.6 Å². The van der Waals surface area contributed by atoms with E-state index in [0.717, 1.165) is 16.8 Å². The molecule has 0 aliphatic rings. The zero-order chi connectivity index (χ0) is 16.8. The van der Waals surface area contributed by atoms with Crippen molar-refractivity contribution in [2.75, 3.05) is 5.01 Å². The molecule has 0 heterocycles. The van der Waals surface area contributed by atoms with Gasteiger partial charge in [0.1, 0.15) is 0 Å². The van der Waals surface area contributed by atoms with Gasteiger partial charge in [-0.25, -0.2) is 0 Å². The number of nitrogens with zero attached hydrogens (tertiary/aromatic N) is 1. The molecule has 0 unspecified atom stereocenters. The maximum absolute atomic E-state index is 12.7. The molecule has 0 saturated heterocycles. The number of anilines is 1. The summed E-state index contributed by atoms with van der Waals surface area (Å²) >= 11 is 0. The Morgan fingerprint density at radius 2 is 1.42 bits per heavy atom. The SMILES string of the molecule is Cc1ccccc1C(=O)NN(Cc1ccccc1)c1ccccc1. The molecule has 1 amide bonds. The fraction of sp³-hybridized carbons (Fsp3) is 0.0952. The third kappa shape index (κ3) is 3.82. The zero-order valence-electron chi connectivity index (χ0n) is 13.6. The molecule has 3 aromatic rings. The molecular formula is C21H20N2O. The van der Waals surface area contributed by atoms with E-state index in [9.17, 15) is 4.79 Å². The molecule has 0 saturated carbocycles. The fourth-order valence-corrected chi connectivity index (χ4v) is 2.58. The first kappa shape index (κ1) is 15.8. The van der Waals surface area contributed by atoms with Gasteiger partial charge in [-0.15, -0.1) is 0 Å². The maximum atomic E-state index is 12.7. The van der Waals surface area contributed by atoms with Crippen LogP contribution in [-0.4, -0.2) is 5.91 Å². The third-order valence-electron chi connectivity index (χ3n) is 3.88. The summed E-state index contributed by atoms with van der Waals surface area (Å²) in [6.07, 6.45) is 0. The second-order valence-electron chi connectivity index (χ2n) is 5.66. The number of hydrogen-bond donors (Lipinski definition) is 1. The van der Waals surface area contributed by atoms with Crippen LogP contribution in [0, 0.1) is 6.92 Å². The topological polar surface area (TPSA) is 32.3 Å². The van der Waals surface area contributed by atoms with Crippen molar-refractivity contribution in [2.24, 2.45) is 0 Å². The Morgan fingerprint density at radius 1 is 0.833 bits per heavy atom. The molecule has 0 aliphatic carbocycles. The molecule has 3 nitrogen and oxygen atoms in total. The Labute approximate surface area is 142 Å². The zero-order valence-corrected chi connectivity index (χ0v) is 13.6. The molecule has 3 aromatic carbocycles. The quantitative estimate of drug-likeness (QED) is 0.710. The van der Waals surface area contributed by atoms with Gasteiger partial charge in [0.05, 0.1) is 12.2 Å². The molecule has 0 atom stereocenters. The molecule has 0 radical (unpaired) electrons. The summed E-state index contributed by atoms with van der Waals surface area (Å²) in [5.74, 6) is -0.104. The number of carbonyl (C=O) groups excluding carboxylic acids is 1. The van der Waals surface area contributed by atoms with Gasteiger partial charge in [-0.2, -0.15) is 0 Å². The van der Waals surface area contributed by atoms with Crippen LogP contribution in [0.4, 0.5) is 5.69 Å². The van der Waals surface area contributed by atoms with Crippen LogP contribution in [0.25, 0.3) is 0 Å². The number of aryl methyl sites for hydroxylation is 1. The molecule has 0 spiro atoms. The molecule has 1 N–H and O–H groups in total. The molecule has 0 bridgehead atoms. The second-order valence-corrected chi connectivity index (χ2v) is 5.66. The van der Waals surface area contributed by atoms with Gasteiger partial charge < -0.3 is 0 Å². The predicted octanol–water partition coefficient (Wildman–Crippen LogP) is 4.35. The molecule has 3 rings (SSSR count). The summed E-state index contributed by atoms with van der Waals surface area (Å²) in [6.45, 7) is 2.54. The van der Waals surface area contributed by atoms with Gasteiger partial charge >= 0.3 is 0 Å². The lowest BCUT2D eigenvalue weighted by Crippen LogP contribution is -2.42. The molecular weight excluding hydrogens is 296 g/mol. The molecule has 24 heavy (non-hydrogen) atoms. The Bertz CT molecular complexity index is 800. The highest BCUT2D eigenvalue weighted by atomic mass is 16.2. The van der Waals surface area contributed by atoms with Crippen molar-refractivity contribution in [2.45, 2.75) is 13.5 Å². The van der Waals surface area contributed by atoms with E-state index in [1.807, 2.05) is 84.7 Å². The third-order valence-corrected chi connectivity index (χ3v) is 3.88. The summed E-state index contributed by atoms with van der Waals surface area (Å²) < 4.78 is 0. The van der Waals surface area contributed by atoms with Gasteiger partial charge in [-0.05, 0) is 36.2 Å². The van der Waals surface area contributed by atoms with Gasteiger partial charge in [-0.1, -0.05) is 66.7 Å². The van der Waals surface area contributed by atoms with E-state index in [2.05, 4.69) is 17.6 Å². The van der Waals surface area contributed by atoms with E-state index >= 15 is 0 Å². The minimum atomic E-state index is -0.104. The number of benzene rings is 3. The summed E-state index contributed by atoms with van der Waals surface area (Å²) in [5, 5.41) is 1.88.